The Bertz CT molecular complexity index is 851. The molecule has 3 rings (SSSR count). The number of carboxylic acid groups (broad SMARTS) is 1. The van der Waals surface area contributed by atoms with Crippen LogP contribution in [0, 0.1) is 6.92 Å². The number of aromatic carboxylic acids is 1. The molecule has 2 N–H and O–H groups in total. The summed E-state index contributed by atoms with van der Waals surface area (Å²) in [5.41, 5.74) is 1.83. The minimum absolute atomic E-state index is 0.187. The number of benzene rings is 2. The van der Waals surface area contributed by atoms with Gasteiger partial charge in [-0.25, -0.2) is 9.78 Å². The summed E-state index contributed by atoms with van der Waals surface area (Å²) in [7, 11) is 0. The average Bonchev–Trinajstić information content (AvgIpc) is 2.54. The lowest BCUT2D eigenvalue weighted by Gasteiger charge is -2.05. The van der Waals surface area contributed by atoms with Crippen LogP contribution in [-0.4, -0.2) is 21.2 Å². The molecule has 0 saturated heterocycles. The van der Waals surface area contributed by atoms with Gasteiger partial charge in [-0.3, -0.25) is 0 Å². The number of aromatic hydroxyl groups is 1. The van der Waals surface area contributed by atoms with Gasteiger partial charge in [0.15, 0.2) is 5.75 Å². The zero-order valence-electron chi connectivity index (χ0n) is 12.1. The Morgan fingerprint density at radius 3 is 2.26 bits per heavy atom. The second-order valence-corrected chi connectivity index (χ2v) is 6.42. The molecule has 2 aromatic carbocycles. The molecule has 0 bridgehead atoms. The van der Waals surface area contributed by atoms with Crippen LogP contribution >= 0.6 is 31.9 Å². The zero-order valence-corrected chi connectivity index (χ0v) is 15.3. The maximum Gasteiger partial charge on any atom is 0.335 e. The molecule has 23 heavy (non-hydrogen) atoms. The van der Waals surface area contributed by atoms with E-state index in [0.29, 0.717) is 15.6 Å². The molecule has 1 aromatic heterocycles. The van der Waals surface area contributed by atoms with Gasteiger partial charge in [0.1, 0.15) is 5.52 Å². The maximum absolute atomic E-state index is 10.2. The number of fused-ring (bicyclic) bond motifs is 1. The van der Waals surface area contributed by atoms with Crippen molar-refractivity contribution in [1.82, 2.24) is 4.98 Å². The molecule has 0 amide bonds. The van der Waals surface area contributed by atoms with Crippen LogP contribution in [0.2, 0.25) is 0 Å². The van der Waals surface area contributed by atoms with Crippen molar-refractivity contribution < 1.29 is 15.0 Å². The Labute approximate surface area is 150 Å². The van der Waals surface area contributed by atoms with E-state index in [1.807, 2.05) is 25.1 Å². The van der Waals surface area contributed by atoms with Crippen LogP contribution in [0.3, 0.4) is 0 Å². The van der Waals surface area contributed by atoms with Crippen LogP contribution in [0.4, 0.5) is 0 Å². The molecule has 0 spiro atoms. The number of carboxylic acids is 1. The average molecular weight is 439 g/mol. The van der Waals surface area contributed by atoms with Crippen LogP contribution < -0.4 is 0 Å². The van der Waals surface area contributed by atoms with Crippen molar-refractivity contribution >= 4 is 48.7 Å². The van der Waals surface area contributed by atoms with Gasteiger partial charge in [0, 0.05) is 15.6 Å². The molecular weight excluding hydrogens is 426 g/mol. The number of carbonyl (C=O) groups is 1. The first kappa shape index (κ1) is 17.4. The molecule has 0 atom stereocenters. The Morgan fingerprint density at radius 2 is 1.70 bits per heavy atom. The quantitative estimate of drug-likeness (QED) is 0.550. The topological polar surface area (TPSA) is 70.4 Å². The summed E-state index contributed by atoms with van der Waals surface area (Å²) in [6.45, 7) is 1.90. The highest BCUT2D eigenvalue weighted by Crippen LogP contribution is 2.36. The van der Waals surface area contributed by atoms with Gasteiger partial charge in [-0.05, 0) is 53.2 Å². The molecule has 0 aliphatic rings. The van der Waals surface area contributed by atoms with E-state index in [1.165, 1.54) is 0 Å². The van der Waals surface area contributed by atoms with E-state index >= 15 is 0 Å². The monoisotopic (exact) mass is 437 g/mol. The Hall–Kier alpha value is -1.92. The predicted octanol–water partition coefficient (Wildman–Crippen LogP) is 5.16. The molecule has 0 radical (unpaired) electrons. The third kappa shape index (κ3) is 4.30. The SMILES string of the molecule is Cc1ccc2c(Br)cc(Br)c(O)c2n1.O=C(O)c1ccccc1. The molecule has 3 aromatic rings. The van der Waals surface area contributed by atoms with Crippen molar-refractivity contribution in [3.63, 3.8) is 0 Å². The summed E-state index contributed by atoms with van der Waals surface area (Å²) in [5.74, 6) is -0.692. The Balaban J connectivity index is 0.000000185. The van der Waals surface area contributed by atoms with Crippen molar-refractivity contribution in [2.45, 2.75) is 6.92 Å². The number of nitrogens with zero attached hydrogens (tertiary/aromatic N) is 1. The van der Waals surface area contributed by atoms with E-state index in [9.17, 15) is 9.90 Å². The summed E-state index contributed by atoms with van der Waals surface area (Å²) in [5, 5.41) is 19.1. The summed E-state index contributed by atoms with van der Waals surface area (Å²) in [6.07, 6.45) is 0. The van der Waals surface area contributed by atoms with Crippen LogP contribution in [0.1, 0.15) is 16.1 Å². The fourth-order valence-electron chi connectivity index (χ4n) is 1.88. The summed E-state index contributed by atoms with van der Waals surface area (Å²) < 4.78 is 1.57. The van der Waals surface area contributed by atoms with Crippen molar-refractivity contribution in [2.24, 2.45) is 0 Å². The normalized spacial score (nSPS) is 10.0. The van der Waals surface area contributed by atoms with Gasteiger partial charge in [0.2, 0.25) is 0 Å². The minimum Gasteiger partial charge on any atom is -0.505 e. The predicted molar refractivity (Wildman–Crippen MR) is 96.9 cm³/mol. The number of pyridine rings is 1. The van der Waals surface area contributed by atoms with Crippen molar-refractivity contribution in [3.8, 4) is 5.75 Å². The van der Waals surface area contributed by atoms with E-state index in [1.54, 1.807) is 30.3 Å². The van der Waals surface area contributed by atoms with E-state index in [4.69, 9.17) is 5.11 Å². The van der Waals surface area contributed by atoms with Gasteiger partial charge in [0.25, 0.3) is 0 Å². The largest absolute Gasteiger partial charge is 0.505 e. The molecule has 0 fully saturated rings. The minimum atomic E-state index is -0.879. The third-order valence-electron chi connectivity index (χ3n) is 3.02. The molecule has 0 aliphatic heterocycles. The van der Waals surface area contributed by atoms with E-state index in [2.05, 4.69) is 36.8 Å². The lowest BCUT2D eigenvalue weighted by atomic mass is 10.2. The first-order valence-corrected chi connectivity index (χ1v) is 8.21. The number of aromatic nitrogens is 1. The molecular formula is C17H13Br2NO3. The number of rotatable bonds is 1. The van der Waals surface area contributed by atoms with Gasteiger partial charge in [-0.15, -0.1) is 0 Å². The molecule has 0 saturated carbocycles. The van der Waals surface area contributed by atoms with Gasteiger partial charge in [-0.2, -0.15) is 0 Å². The van der Waals surface area contributed by atoms with Crippen molar-refractivity contribution in [2.75, 3.05) is 0 Å². The second kappa shape index (κ2) is 7.57. The summed E-state index contributed by atoms with van der Waals surface area (Å²) in [6, 6.07) is 14.0. The van der Waals surface area contributed by atoms with E-state index < -0.39 is 5.97 Å². The fourth-order valence-corrected chi connectivity index (χ4v) is 3.15. The highest BCUT2D eigenvalue weighted by Gasteiger charge is 2.09. The molecule has 0 unspecified atom stereocenters. The number of phenolic OH excluding ortho intramolecular Hbond substituents is 1. The fraction of sp³-hybridized carbons (Fsp3) is 0.0588. The molecule has 6 heteroatoms. The Kier molecular flexibility index (Phi) is 5.74. The lowest BCUT2D eigenvalue weighted by molar-refractivity contribution is 0.0697. The smallest absolute Gasteiger partial charge is 0.335 e. The molecule has 118 valence electrons. The van der Waals surface area contributed by atoms with Crippen LogP contribution in [-0.2, 0) is 0 Å². The van der Waals surface area contributed by atoms with Gasteiger partial charge >= 0.3 is 5.97 Å². The zero-order chi connectivity index (χ0) is 17.0. The second-order valence-electron chi connectivity index (χ2n) is 4.71. The van der Waals surface area contributed by atoms with Gasteiger partial charge in [0.05, 0.1) is 10.0 Å². The highest BCUT2D eigenvalue weighted by atomic mass is 79.9. The summed E-state index contributed by atoms with van der Waals surface area (Å²) >= 11 is 6.70. The highest BCUT2D eigenvalue weighted by molar-refractivity contribution is 9.11. The van der Waals surface area contributed by atoms with Gasteiger partial charge in [-0.1, -0.05) is 34.1 Å². The first-order chi connectivity index (χ1) is 10.9. The van der Waals surface area contributed by atoms with Crippen LogP contribution in [0.5, 0.6) is 5.75 Å². The van der Waals surface area contributed by atoms with Crippen LogP contribution in [0.25, 0.3) is 10.9 Å². The summed E-state index contributed by atoms with van der Waals surface area (Å²) in [4.78, 5) is 14.5. The van der Waals surface area contributed by atoms with Crippen molar-refractivity contribution in [1.29, 1.82) is 0 Å². The van der Waals surface area contributed by atoms with Crippen molar-refractivity contribution in [3.05, 3.63) is 68.7 Å². The maximum atomic E-state index is 10.2. The van der Waals surface area contributed by atoms with Crippen LogP contribution in [0.15, 0.2) is 57.5 Å². The van der Waals surface area contributed by atoms with E-state index in [0.717, 1.165) is 15.6 Å². The number of halogens is 2. The first-order valence-electron chi connectivity index (χ1n) is 6.63. The number of hydrogen-bond donors (Lipinski definition) is 2. The van der Waals surface area contributed by atoms with Gasteiger partial charge < -0.3 is 10.2 Å². The number of phenols is 1. The standard InChI is InChI=1S/C10H7Br2NO.C7H6O2/c1-5-2-3-6-7(11)4-8(12)10(14)9(6)13-5;8-7(9)6-4-2-1-3-5-6/h2-4,14H,1H3;1-5H,(H,8,9). The molecule has 1 heterocycles. The van der Waals surface area contributed by atoms with E-state index in [-0.39, 0.29) is 5.75 Å². The number of hydrogen-bond acceptors (Lipinski definition) is 3. The number of aryl methyl sites for hydroxylation is 1. The molecule has 4 nitrogen and oxygen atoms in total. The molecule has 0 aliphatic carbocycles. The Morgan fingerprint density at radius 1 is 1.04 bits per heavy atom. The third-order valence-corrected chi connectivity index (χ3v) is 4.28. The lowest BCUT2D eigenvalue weighted by Crippen LogP contribution is -1.93.